The van der Waals surface area contributed by atoms with Crippen molar-refractivity contribution in [1.82, 2.24) is 9.62 Å². The Labute approximate surface area is 188 Å². The van der Waals surface area contributed by atoms with E-state index in [1.54, 1.807) is 25.3 Å². The number of amides is 1. The van der Waals surface area contributed by atoms with Gasteiger partial charge in [0.15, 0.2) is 11.5 Å². The van der Waals surface area contributed by atoms with Crippen molar-refractivity contribution in [2.75, 3.05) is 64.7 Å². The van der Waals surface area contributed by atoms with Crippen molar-refractivity contribution in [3.63, 3.8) is 0 Å². The van der Waals surface area contributed by atoms with Crippen LogP contribution < -0.4 is 24.4 Å². The number of methoxy groups -OCH3 is 3. The van der Waals surface area contributed by atoms with E-state index in [0.29, 0.717) is 37.7 Å². The third-order valence-electron chi connectivity index (χ3n) is 5.35. The predicted octanol–water partition coefficient (Wildman–Crippen LogP) is 1.59. The summed E-state index contributed by atoms with van der Waals surface area (Å²) in [7, 11) is 1.05. The van der Waals surface area contributed by atoms with Gasteiger partial charge in [0.2, 0.25) is 10.0 Å². The second-order valence-electron chi connectivity index (χ2n) is 7.17. The number of hydrogen-bond donors (Lipinski definition) is 1. The summed E-state index contributed by atoms with van der Waals surface area (Å²) in [5.74, 6) is 0.902. The highest BCUT2D eigenvalue weighted by Crippen LogP contribution is 2.31. The van der Waals surface area contributed by atoms with Gasteiger partial charge in [0.1, 0.15) is 5.75 Å². The van der Waals surface area contributed by atoms with E-state index in [1.807, 2.05) is 24.3 Å². The molecule has 0 bridgehead atoms. The van der Waals surface area contributed by atoms with Crippen LogP contribution in [-0.4, -0.2) is 78.4 Å². The Morgan fingerprint density at radius 2 is 1.56 bits per heavy atom. The first-order valence-corrected chi connectivity index (χ1v) is 11.9. The number of ether oxygens (including phenoxy) is 3. The number of carbonyl (C=O) groups is 1. The molecule has 32 heavy (non-hydrogen) atoms. The van der Waals surface area contributed by atoms with Crippen LogP contribution in [0, 0.1) is 0 Å². The van der Waals surface area contributed by atoms with Gasteiger partial charge in [-0.15, -0.1) is 0 Å². The van der Waals surface area contributed by atoms with Gasteiger partial charge in [-0.2, -0.15) is 4.31 Å². The second kappa shape index (κ2) is 10.6. The van der Waals surface area contributed by atoms with Crippen LogP contribution in [0.25, 0.3) is 0 Å². The number of hydrogen-bond acceptors (Lipinski definition) is 7. The topological polar surface area (TPSA) is 97.4 Å². The molecule has 0 unspecified atom stereocenters. The Kier molecular flexibility index (Phi) is 7.81. The zero-order chi connectivity index (χ0) is 23.1. The van der Waals surface area contributed by atoms with E-state index in [1.165, 1.54) is 18.5 Å². The molecule has 1 aliphatic rings. The summed E-state index contributed by atoms with van der Waals surface area (Å²) in [5, 5.41) is 2.66. The highest BCUT2D eigenvalue weighted by Gasteiger charge is 2.28. The summed E-state index contributed by atoms with van der Waals surface area (Å²) < 4.78 is 42.9. The lowest BCUT2D eigenvalue weighted by Crippen LogP contribution is -2.50. The number of para-hydroxylation sites is 3. The summed E-state index contributed by atoms with van der Waals surface area (Å²) in [5.41, 5.74) is 1.24. The van der Waals surface area contributed by atoms with Crippen LogP contribution in [-0.2, 0) is 10.0 Å². The molecule has 0 radical (unpaired) electrons. The van der Waals surface area contributed by atoms with Crippen molar-refractivity contribution in [3.05, 3.63) is 48.0 Å². The minimum absolute atomic E-state index is 0.00570. The van der Waals surface area contributed by atoms with E-state index in [2.05, 4.69) is 10.2 Å². The second-order valence-corrected chi connectivity index (χ2v) is 9.26. The maximum atomic E-state index is 12.8. The molecule has 2 aromatic rings. The molecule has 10 heteroatoms. The molecule has 174 valence electrons. The van der Waals surface area contributed by atoms with E-state index < -0.39 is 15.9 Å². The van der Waals surface area contributed by atoms with Crippen LogP contribution in [0.2, 0.25) is 0 Å². The molecule has 0 aromatic heterocycles. The van der Waals surface area contributed by atoms with E-state index in [9.17, 15) is 13.2 Å². The van der Waals surface area contributed by atoms with Gasteiger partial charge in [0.25, 0.3) is 5.91 Å². The van der Waals surface area contributed by atoms with Gasteiger partial charge >= 0.3 is 0 Å². The van der Waals surface area contributed by atoms with Crippen molar-refractivity contribution >= 4 is 21.6 Å². The Morgan fingerprint density at radius 1 is 0.906 bits per heavy atom. The number of nitrogens with one attached hydrogen (secondary N) is 1. The summed E-state index contributed by atoms with van der Waals surface area (Å²) in [6, 6.07) is 12.6. The molecule has 0 spiro atoms. The van der Waals surface area contributed by atoms with E-state index in [0.717, 1.165) is 11.4 Å². The summed E-state index contributed by atoms with van der Waals surface area (Å²) in [6.07, 6.45) is 0. The van der Waals surface area contributed by atoms with Crippen molar-refractivity contribution in [1.29, 1.82) is 0 Å². The molecule has 0 atom stereocenters. The number of carbonyl (C=O) groups excluding carboxylic acids is 1. The largest absolute Gasteiger partial charge is 0.495 e. The average molecular weight is 464 g/mol. The molecular weight excluding hydrogens is 434 g/mol. The fraction of sp³-hybridized carbons (Fsp3) is 0.409. The Balaban J connectivity index is 1.55. The Hall–Kier alpha value is -2.98. The van der Waals surface area contributed by atoms with Gasteiger partial charge < -0.3 is 24.4 Å². The molecule has 1 saturated heterocycles. The molecule has 0 saturated carbocycles. The number of piperazine rings is 1. The predicted molar refractivity (Wildman–Crippen MR) is 122 cm³/mol. The summed E-state index contributed by atoms with van der Waals surface area (Å²) in [6.45, 7) is 1.87. The monoisotopic (exact) mass is 463 g/mol. The molecule has 3 rings (SSSR count). The fourth-order valence-corrected chi connectivity index (χ4v) is 5.02. The van der Waals surface area contributed by atoms with Crippen molar-refractivity contribution < 1.29 is 27.4 Å². The Bertz CT molecular complexity index is 1040. The van der Waals surface area contributed by atoms with Gasteiger partial charge in [-0.1, -0.05) is 18.2 Å². The third kappa shape index (κ3) is 5.25. The standard InChI is InChI=1S/C22H29N3O6S/c1-29-19-9-5-4-8-18(19)24-12-14-25(15-13-24)32(27,28)16-11-23-22(26)17-7-6-10-20(30-2)21(17)31-3/h4-10H,11-16H2,1-3H3,(H,23,26). The molecule has 1 fully saturated rings. The smallest absolute Gasteiger partial charge is 0.255 e. The SMILES string of the molecule is COc1ccccc1N1CCN(S(=O)(=O)CCNC(=O)c2cccc(OC)c2OC)CC1. The van der Waals surface area contributed by atoms with Crippen molar-refractivity contribution in [3.8, 4) is 17.2 Å². The van der Waals surface area contributed by atoms with Crippen LogP contribution in [0.15, 0.2) is 42.5 Å². The summed E-state index contributed by atoms with van der Waals surface area (Å²) >= 11 is 0. The van der Waals surface area contributed by atoms with Gasteiger partial charge in [-0.05, 0) is 24.3 Å². The molecule has 1 amide bonds. The van der Waals surface area contributed by atoms with Gasteiger partial charge in [0, 0.05) is 32.7 Å². The molecule has 1 N–H and O–H groups in total. The lowest BCUT2D eigenvalue weighted by molar-refractivity contribution is 0.0952. The highest BCUT2D eigenvalue weighted by atomic mass is 32.2. The quantitative estimate of drug-likeness (QED) is 0.603. The number of anilines is 1. The summed E-state index contributed by atoms with van der Waals surface area (Å²) in [4.78, 5) is 14.7. The van der Waals surface area contributed by atoms with Gasteiger partial charge in [-0.3, -0.25) is 4.79 Å². The maximum Gasteiger partial charge on any atom is 0.255 e. The number of sulfonamides is 1. The molecule has 1 aliphatic heterocycles. The average Bonchev–Trinajstić information content (AvgIpc) is 2.83. The first-order chi connectivity index (χ1) is 15.4. The molecule has 1 heterocycles. The van der Waals surface area contributed by atoms with E-state index in [-0.39, 0.29) is 17.9 Å². The lowest BCUT2D eigenvalue weighted by Gasteiger charge is -2.36. The normalized spacial score (nSPS) is 14.7. The lowest BCUT2D eigenvalue weighted by atomic mass is 10.1. The van der Waals surface area contributed by atoms with E-state index in [4.69, 9.17) is 14.2 Å². The number of rotatable bonds is 9. The van der Waals surface area contributed by atoms with Crippen LogP contribution in [0.4, 0.5) is 5.69 Å². The van der Waals surface area contributed by atoms with Gasteiger partial charge in [0.05, 0.1) is 38.3 Å². The molecule has 9 nitrogen and oxygen atoms in total. The number of nitrogens with zero attached hydrogens (tertiary/aromatic N) is 2. The Morgan fingerprint density at radius 3 is 2.22 bits per heavy atom. The minimum Gasteiger partial charge on any atom is -0.495 e. The third-order valence-corrected chi connectivity index (χ3v) is 7.22. The first kappa shape index (κ1) is 23.7. The molecular formula is C22H29N3O6S. The minimum atomic E-state index is -3.51. The van der Waals surface area contributed by atoms with Crippen LogP contribution in [0.1, 0.15) is 10.4 Å². The van der Waals surface area contributed by atoms with Crippen molar-refractivity contribution in [2.45, 2.75) is 0 Å². The highest BCUT2D eigenvalue weighted by molar-refractivity contribution is 7.89. The fourth-order valence-electron chi connectivity index (χ4n) is 3.68. The maximum absolute atomic E-state index is 12.8. The molecule has 0 aliphatic carbocycles. The first-order valence-electron chi connectivity index (χ1n) is 10.3. The van der Waals surface area contributed by atoms with Crippen LogP contribution in [0.3, 0.4) is 0 Å². The van der Waals surface area contributed by atoms with Gasteiger partial charge in [-0.25, -0.2) is 8.42 Å². The zero-order valence-electron chi connectivity index (χ0n) is 18.5. The zero-order valence-corrected chi connectivity index (χ0v) is 19.4. The molecule has 2 aromatic carbocycles. The van der Waals surface area contributed by atoms with Crippen molar-refractivity contribution in [2.24, 2.45) is 0 Å². The van der Waals surface area contributed by atoms with Crippen LogP contribution in [0.5, 0.6) is 17.2 Å². The van der Waals surface area contributed by atoms with E-state index >= 15 is 0 Å². The number of benzene rings is 2. The van der Waals surface area contributed by atoms with Crippen LogP contribution >= 0.6 is 0 Å².